The van der Waals surface area contributed by atoms with Crippen molar-refractivity contribution >= 4 is 38.7 Å². The molecule has 0 N–H and O–H groups in total. The number of carbonyl (C=O) groups excluding carboxylic acids is 2. The van der Waals surface area contributed by atoms with Crippen LogP contribution in [0.25, 0.3) is 5.76 Å². The van der Waals surface area contributed by atoms with Crippen LogP contribution in [0, 0.1) is 17.0 Å². The minimum atomic E-state index is -3.81. The Morgan fingerprint density at radius 2 is 1.72 bits per heavy atom. The summed E-state index contributed by atoms with van der Waals surface area (Å²) in [4.78, 5) is 36.6. The fraction of sp³-hybridized carbons (Fsp3) is 0.269. The molecule has 0 fully saturated rings. The lowest BCUT2D eigenvalue weighted by atomic mass is 10.00. The number of hydrogen-bond donors (Lipinski definition) is 0. The van der Waals surface area contributed by atoms with Crippen molar-refractivity contribution < 1.29 is 32.4 Å². The molecule has 0 saturated heterocycles. The molecule has 0 bridgehead atoms. The number of anilines is 1. The molecule has 3 aromatic rings. The van der Waals surface area contributed by atoms with Crippen molar-refractivity contribution in [3.8, 4) is 5.88 Å². The van der Waals surface area contributed by atoms with Crippen LogP contribution in [0.5, 0.6) is 5.88 Å². The number of sulfonamides is 1. The Morgan fingerprint density at radius 3 is 2.36 bits per heavy atom. The van der Waals surface area contributed by atoms with E-state index in [0.717, 1.165) is 9.71 Å². The van der Waals surface area contributed by atoms with Gasteiger partial charge in [0, 0.05) is 42.9 Å². The number of rotatable bonds is 10. The van der Waals surface area contributed by atoms with Gasteiger partial charge in [-0.25, -0.2) is 13.1 Å². The Balaban J connectivity index is 1.62. The summed E-state index contributed by atoms with van der Waals surface area (Å²) in [5.74, 6) is -0.666. The van der Waals surface area contributed by atoms with Gasteiger partial charge >= 0.3 is 0 Å². The highest BCUT2D eigenvalue weighted by atomic mass is 32.2. The monoisotopic (exact) mass is 554 g/mol. The van der Waals surface area contributed by atoms with E-state index in [2.05, 4.69) is 5.10 Å². The average Bonchev–Trinajstić information content (AvgIpc) is 3.20. The number of nitro benzene ring substituents is 1. The van der Waals surface area contributed by atoms with Crippen LogP contribution < -0.4 is 9.04 Å². The van der Waals surface area contributed by atoms with Crippen molar-refractivity contribution in [1.29, 1.82) is 0 Å². The molecule has 12 nitrogen and oxygen atoms in total. The fourth-order valence-electron chi connectivity index (χ4n) is 4.08. The second-order valence-electron chi connectivity index (χ2n) is 8.81. The van der Waals surface area contributed by atoms with E-state index in [1.165, 1.54) is 42.1 Å². The molecule has 0 amide bonds. The van der Waals surface area contributed by atoms with E-state index < -0.39 is 33.1 Å². The molecular weight excluding hydrogens is 528 g/mol. The molecule has 0 aliphatic carbocycles. The summed E-state index contributed by atoms with van der Waals surface area (Å²) in [6.45, 7) is 3.42. The molecule has 2 heterocycles. The van der Waals surface area contributed by atoms with Crippen molar-refractivity contribution in [2.45, 2.75) is 20.3 Å². The highest BCUT2D eigenvalue weighted by Gasteiger charge is 2.30. The molecule has 0 atom stereocenters. The number of ether oxygens (including phenoxy) is 2. The summed E-state index contributed by atoms with van der Waals surface area (Å²) in [6, 6.07) is 9.75. The molecule has 0 unspecified atom stereocenters. The van der Waals surface area contributed by atoms with Crippen LogP contribution in [-0.2, 0) is 21.8 Å². The predicted octanol–water partition coefficient (Wildman–Crippen LogP) is 3.63. The van der Waals surface area contributed by atoms with E-state index in [-0.39, 0.29) is 39.7 Å². The molecule has 1 aromatic heterocycles. The fourth-order valence-corrected chi connectivity index (χ4v) is 5.12. The molecule has 4 rings (SSSR count). The number of hydrogen-bond acceptors (Lipinski definition) is 9. The Labute approximate surface area is 224 Å². The lowest BCUT2D eigenvalue weighted by molar-refractivity contribution is -0.384. The Bertz CT molecular complexity index is 1610. The first kappa shape index (κ1) is 27.5. The van der Waals surface area contributed by atoms with Crippen molar-refractivity contribution in [1.82, 2.24) is 9.78 Å². The van der Waals surface area contributed by atoms with Crippen LogP contribution >= 0.6 is 0 Å². The van der Waals surface area contributed by atoms with Crippen LogP contribution in [0.3, 0.4) is 0 Å². The van der Waals surface area contributed by atoms with Crippen molar-refractivity contribution in [2.75, 3.05) is 24.6 Å². The number of ketones is 2. The number of non-ortho nitro benzene ring substituents is 1. The van der Waals surface area contributed by atoms with Crippen LogP contribution in [0.1, 0.15) is 50.9 Å². The van der Waals surface area contributed by atoms with E-state index >= 15 is 0 Å². The van der Waals surface area contributed by atoms with Crippen LogP contribution in [-0.4, -0.2) is 54.9 Å². The summed E-state index contributed by atoms with van der Waals surface area (Å²) < 4.78 is 39.1. The Morgan fingerprint density at radius 1 is 1.05 bits per heavy atom. The average molecular weight is 555 g/mol. The van der Waals surface area contributed by atoms with Gasteiger partial charge in [0.1, 0.15) is 11.3 Å². The standard InChI is InChI=1S/C26H26N4O8S/c1-5-12-37-23-15-39(35,36)29(4)21-13-18(8-11-20(21)23)25(32)24-16(2)27-28(3)26(24)38-14-22(31)17-6-9-19(10-7-17)30(33)34/h6-11,13,15H,5,12,14H2,1-4H3. The third-order valence-corrected chi connectivity index (χ3v) is 7.57. The lowest BCUT2D eigenvalue weighted by Crippen LogP contribution is -2.29. The normalized spacial score (nSPS) is 13.8. The maximum atomic E-state index is 13.6. The molecule has 13 heteroatoms. The van der Waals surface area contributed by atoms with Gasteiger partial charge in [-0.05, 0) is 37.6 Å². The van der Waals surface area contributed by atoms with E-state index in [0.29, 0.717) is 24.3 Å². The second kappa shape index (κ2) is 10.7. The van der Waals surface area contributed by atoms with E-state index in [1.54, 1.807) is 26.1 Å². The predicted molar refractivity (Wildman–Crippen MR) is 142 cm³/mol. The van der Waals surface area contributed by atoms with Gasteiger partial charge in [-0.2, -0.15) is 5.10 Å². The van der Waals surface area contributed by atoms with Gasteiger partial charge < -0.3 is 9.47 Å². The van der Waals surface area contributed by atoms with E-state index in [4.69, 9.17) is 9.47 Å². The summed E-state index contributed by atoms with van der Waals surface area (Å²) in [7, 11) is -0.854. The number of nitro groups is 1. The molecule has 0 spiro atoms. The number of benzene rings is 2. The first-order valence-corrected chi connectivity index (χ1v) is 13.4. The maximum absolute atomic E-state index is 13.6. The number of aromatic nitrogens is 2. The van der Waals surface area contributed by atoms with Crippen molar-refractivity contribution in [3.05, 3.63) is 85.9 Å². The van der Waals surface area contributed by atoms with Crippen LogP contribution in [0.2, 0.25) is 0 Å². The molecule has 0 radical (unpaired) electrons. The highest BCUT2D eigenvalue weighted by molar-refractivity contribution is 7.95. The number of Topliss-reactive ketones (excluding diaryl/α,β-unsaturated/α-hetero) is 1. The Kier molecular flexibility index (Phi) is 7.54. The molecular formula is C26H26N4O8S. The Hall–Kier alpha value is -4.52. The zero-order valence-corrected chi connectivity index (χ0v) is 22.5. The smallest absolute Gasteiger partial charge is 0.269 e. The quantitative estimate of drug-likeness (QED) is 0.208. The van der Waals surface area contributed by atoms with Gasteiger partial charge in [0.15, 0.2) is 18.2 Å². The van der Waals surface area contributed by atoms with Crippen LogP contribution in [0.4, 0.5) is 11.4 Å². The third-order valence-electron chi connectivity index (χ3n) is 6.10. The molecule has 1 aliphatic rings. The maximum Gasteiger partial charge on any atom is 0.269 e. The third kappa shape index (κ3) is 5.39. The van der Waals surface area contributed by atoms with Gasteiger partial charge in [-0.15, -0.1) is 0 Å². The molecule has 204 valence electrons. The number of nitrogens with zero attached hydrogens (tertiary/aromatic N) is 4. The van der Waals surface area contributed by atoms with Gasteiger partial charge in [0.05, 0.1) is 28.3 Å². The minimum absolute atomic E-state index is 0.0540. The molecule has 0 saturated carbocycles. The number of carbonyl (C=O) groups is 2. The van der Waals surface area contributed by atoms with Crippen LogP contribution in [0.15, 0.2) is 47.9 Å². The molecule has 39 heavy (non-hydrogen) atoms. The first-order chi connectivity index (χ1) is 18.4. The topological polar surface area (TPSA) is 151 Å². The number of fused-ring (bicyclic) bond motifs is 1. The lowest BCUT2D eigenvalue weighted by Gasteiger charge is -2.27. The second-order valence-corrected chi connectivity index (χ2v) is 10.6. The largest absolute Gasteiger partial charge is 0.492 e. The van der Waals surface area contributed by atoms with Crippen molar-refractivity contribution in [3.63, 3.8) is 0 Å². The van der Waals surface area contributed by atoms with Gasteiger partial charge in [-0.3, -0.25) is 24.0 Å². The summed E-state index contributed by atoms with van der Waals surface area (Å²) in [6.07, 6.45) is 0.689. The zero-order chi connectivity index (χ0) is 28.5. The van der Waals surface area contributed by atoms with Gasteiger partial charge in [0.2, 0.25) is 5.88 Å². The highest BCUT2D eigenvalue weighted by Crippen LogP contribution is 2.37. The summed E-state index contributed by atoms with van der Waals surface area (Å²) in [5.41, 5.74) is 1.54. The van der Waals surface area contributed by atoms with E-state index in [1.807, 2.05) is 6.92 Å². The van der Waals surface area contributed by atoms with Gasteiger partial charge in [-0.1, -0.05) is 13.0 Å². The zero-order valence-electron chi connectivity index (χ0n) is 21.7. The summed E-state index contributed by atoms with van der Waals surface area (Å²) >= 11 is 0. The summed E-state index contributed by atoms with van der Waals surface area (Å²) in [5, 5.41) is 16.2. The van der Waals surface area contributed by atoms with Gasteiger partial charge in [0.25, 0.3) is 15.7 Å². The molecule has 2 aromatic carbocycles. The number of aryl methyl sites for hydroxylation is 2. The SMILES string of the molecule is CCCOC1=CS(=O)(=O)N(C)c2cc(C(=O)c3c(C)nn(C)c3OCC(=O)c3ccc([N+](=O)[O-])cc3)ccc21. The first-order valence-electron chi connectivity index (χ1n) is 11.9. The molecule has 1 aliphatic heterocycles. The minimum Gasteiger partial charge on any atom is -0.492 e. The van der Waals surface area contributed by atoms with Crippen molar-refractivity contribution in [2.24, 2.45) is 7.05 Å². The van der Waals surface area contributed by atoms with E-state index in [9.17, 15) is 28.1 Å².